The molecule has 5 atom stereocenters. The summed E-state index contributed by atoms with van der Waals surface area (Å²) in [4.78, 5) is 50.9. The van der Waals surface area contributed by atoms with Crippen molar-refractivity contribution in [3.63, 3.8) is 0 Å². The highest BCUT2D eigenvalue weighted by Gasteiger charge is 2.47. The number of carbonyl (C=O) groups is 3. The van der Waals surface area contributed by atoms with Crippen LogP contribution in [-0.4, -0.2) is 102 Å². The van der Waals surface area contributed by atoms with E-state index in [9.17, 15) is 14.4 Å². The van der Waals surface area contributed by atoms with E-state index < -0.39 is 17.5 Å². The molecule has 336 valence electrons. The molecule has 4 aromatic rings. The standard InChI is InChI=1S/C51H67N7O5/c1-6-57-43-19-18-37-28-39(43)40(46(57)38-16-10-22-53-44(38)33(2)62-5)29-50(3,4)32-63-49(61)41-17-11-24-58(55-41)48(60)42(27-34-12-9-15-36(37)26-34)54-47(59)45(35-13-7-8-14-35)56-25-21-51(31-56)20-23-52-30-51/h9-10,12,15-16,18-19,22,26,28,33,35,41-42,45,52,55H,6-8,11,13-14,17,20-21,23-25,27,29-32H2,1-5H3,(H,54,59)/t33-,41-,42-,45-,51-/m0/s1. The summed E-state index contributed by atoms with van der Waals surface area (Å²) in [5.41, 5.74) is 11.4. The number of rotatable bonds is 8. The van der Waals surface area contributed by atoms with Crippen LogP contribution in [0.4, 0.5) is 0 Å². The molecule has 12 nitrogen and oxygen atoms in total. The van der Waals surface area contributed by atoms with Crippen LogP contribution in [0.2, 0.25) is 0 Å². The number of aryl methyl sites for hydroxylation is 1. The summed E-state index contributed by atoms with van der Waals surface area (Å²) in [7, 11) is 1.72. The van der Waals surface area contributed by atoms with Gasteiger partial charge < -0.3 is 24.7 Å². The lowest BCUT2D eigenvalue weighted by atomic mass is 9.84. The van der Waals surface area contributed by atoms with E-state index in [1.807, 2.05) is 19.2 Å². The lowest BCUT2D eigenvalue weighted by Gasteiger charge is -2.37. The SMILES string of the molecule is CCn1c(-c2cccnc2[C@H](C)OC)c2c3cc(ccc31)-c1cccc(c1)C[C@H](NC(=O)[C@H](C1CCCC1)N1CC[C@]3(CCNC3)C1)C(=O)N1CCC[C@H](N1)C(=O)OCC(C)(C)C2. The number of benzene rings is 2. The first kappa shape index (κ1) is 43.6. The number of hydrogen-bond acceptors (Lipinski definition) is 9. The predicted molar refractivity (Wildman–Crippen MR) is 246 cm³/mol. The number of hydrazine groups is 1. The maximum Gasteiger partial charge on any atom is 0.324 e. The number of esters is 1. The van der Waals surface area contributed by atoms with E-state index in [4.69, 9.17) is 14.5 Å². The highest BCUT2D eigenvalue weighted by molar-refractivity contribution is 5.95. The first-order valence-electron chi connectivity index (χ1n) is 23.7. The molecule has 4 aliphatic heterocycles. The monoisotopic (exact) mass is 858 g/mol. The van der Waals surface area contributed by atoms with Crippen LogP contribution in [0, 0.1) is 16.7 Å². The molecular weight excluding hydrogens is 791 g/mol. The quantitative estimate of drug-likeness (QED) is 0.161. The van der Waals surface area contributed by atoms with Crippen LogP contribution in [-0.2, 0) is 43.2 Å². The fourth-order valence-corrected chi connectivity index (χ4v) is 11.5. The fraction of sp³-hybridized carbons (Fsp3) is 0.569. The van der Waals surface area contributed by atoms with Crippen molar-refractivity contribution in [3.8, 4) is 22.4 Å². The van der Waals surface area contributed by atoms with Gasteiger partial charge in [0, 0.05) is 67.8 Å². The van der Waals surface area contributed by atoms with Crippen LogP contribution in [0.25, 0.3) is 33.3 Å². The van der Waals surface area contributed by atoms with E-state index >= 15 is 0 Å². The number of nitrogens with zero attached hydrogens (tertiary/aromatic N) is 4. The van der Waals surface area contributed by atoms with Gasteiger partial charge in [0.25, 0.3) is 5.91 Å². The second-order valence-electron chi connectivity index (χ2n) is 20.0. The second-order valence-corrected chi connectivity index (χ2v) is 20.0. The van der Waals surface area contributed by atoms with Gasteiger partial charge in [-0.3, -0.25) is 29.3 Å². The zero-order valence-electron chi connectivity index (χ0n) is 38.0. The number of carbonyl (C=O) groups excluding carboxylic acids is 3. The smallest absolute Gasteiger partial charge is 0.324 e. The molecule has 2 aromatic heterocycles. The molecule has 63 heavy (non-hydrogen) atoms. The average molecular weight is 858 g/mol. The summed E-state index contributed by atoms with van der Waals surface area (Å²) in [6.45, 7) is 13.7. The van der Waals surface area contributed by atoms with Crippen LogP contribution in [0.5, 0.6) is 0 Å². The van der Waals surface area contributed by atoms with Gasteiger partial charge in [-0.25, -0.2) is 5.43 Å². The van der Waals surface area contributed by atoms with Gasteiger partial charge in [0.15, 0.2) is 0 Å². The number of amides is 2. The zero-order chi connectivity index (χ0) is 43.9. The van der Waals surface area contributed by atoms with Gasteiger partial charge in [-0.15, -0.1) is 0 Å². The molecule has 2 aromatic carbocycles. The minimum Gasteiger partial charge on any atom is -0.464 e. The van der Waals surface area contributed by atoms with Crippen molar-refractivity contribution in [2.75, 3.05) is 46.4 Å². The van der Waals surface area contributed by atoms with Crippen molar-refractivity contribution < 1.29 is 23.9 Å². The molecule has 1 aliphatic carbocycles. The van der Waals surface area contributed by atoms with Gasteiger partial charge in [-0.05, 0) is 130 Å². The van der Waals surface area contributed by atoms with Gasteiger partial charge in [-0.2, -0.15) is 0 Å². The molecule has 2 amide bonds. The molecule has 6 heterocycles. The van der Waals surface area contributed by atoms with Crippen molar-refractivity contribution in [3.05, 3.63) is 77.6 Å². The molecular formula is C51H67N7O5. The normalized spacial score (nSPS) is 25.6. The minimum atomic E-state index is -0.833. The molecule has 3 saturated heterocycles. The number of pyridine rings is 1. The highest BCUT2D eigenvalue weighted by Crippen LogP contribution is 2.43. The van der Waals surface area contributed by atoms with Gasteiger partial charge >= 0.3 is 5.97 Å². The number of cyclic esters (lactones) is 1. The highest BCUT2D eigenvalue weighted by atomic mass is 16.5. The first-order valence-corrected chi connectivity index (χ1v) is 23.7. The average Bonchev–Trinajstić information content (AvgIpc) is 4.13. The van der Waals surface area contributed by atoms with Gasteiger partial charge in [0.05, 0.1) is 30.1 Å². The summed E-state index contributed by atoms with van der Waals surface area (Å²) in [5, 5.41) is 9.64. The van der Waals surface area contributed by atoms with Crippen LogP contribution >= 0.6 is 0 Å². The van der Waals surface area contributed by atoms with E-state index in [0.29, 0.717) is 32.2 Å². The number of nitrogens with one attached hydrogen (secondary N) is 3. The largest absolute Gasteiger partial charge is 0.464 e. The maximum absolute atomic E-state index is 14.9. The van der Waals surface area contributed by atoms with Crippen molar-refractivity contribution in [2.45, 2.75) is 123 Å². The van der Waals surface area contributed by atoms with Crippen LogP contribution in [0.1, 0.15) is 102 Å². The van der Waals surface area contributed by atoms with E-state index in [0.717, 1.165) is 116 Å². The molecule has 0 unspecified atom stereocenters. The number of ether oxygens (including phenoxy) is 2. The van der Waals surface area contributed by atoms with Gasteiger partial charge in [0.1, 0.15) is 12.1 Å². The Bertz CT molecular complexity index is 2330. The number of hydrogen-bond donors (Lipinski definition) is 3. The Morgan fingerprint density at radius 3 is 2.62 bits per heavy atom. The zero-order valence-corrected chi connectivity index (χ0v) is 38.0. The lowest BCUT2D eigenvalue weighted by Crippen LogP contribution is -2.62. The van der Waals surface area contributed by atoms with Gasteiger partial charge in [0.2, 0.25) is 5.91 Å². The molecule has 0 radical (unpaired) electrons. The minimum absolute atomic E-state index is 0.0531. The van der Waals surface area contributed by atoms with E-state index in [1.54, 1.807) is 12.1 Å². The Morgan fingerprint density at radius 2 is 1.84 bits per heavy atom. The molecule has 3 N–H and O–H groups in total. The molecule has 1 spiro atoms. The molecule has 12 heteroatoms. The first-order chi connectivity index (χ1) is 30.5. The summed E-state index contributed by atoms with van der Waals surface area (Å²) in [5.74, 6) is -0.391. The van der Waals surface area contributed by atoms with Gasteiger partial charge in [-0.1, -0.05) is 57.0 Å². The van der Waals surface area contributed by atoms with Crippen molar-refractivity contribution in [1.29, 1.82) is 0 Å². The third-order valence-corrected chi connectivity index (χ3v) is 14.9. The van der Waals surface area contributed by atoms with E-state index in [2.05, 4.69) is 94.8 Å². The van der Waals surface area contributed by atoms with E-state index in [-0.39, 0.29) is 47.9 Å². The maximum atomic E-state index is 14.9. The number of aromatic nitrogens is 2. The molecule has 6 bridgehead atoms. The van der Waals surface area contributed by atoms with E-state index in [1.165, 1.54) is 5.56 Å². The summed E-state index contributed by atoms with van der Waals surface area (Å²) < 4.78 is 14.4. The van der Waals surface area contributed by atoms with Crippen LogP contribution in [0.15, 0.2) is 60.8 Å². The third-order valence-electron chi connectivity index (χ3n) is 14.9. The van der Waals surface area contributed by atoms with Crippen molar-refractivity contribution >= 4 is 28.7 Å². The lowest BCUT2D eigenvalue weighted by molar-refractivity contribution is -0.155. The number of methoxy groups -OCH3 is 1. The summed E-state index contributed by atoms with van der Waals surface area (Å²) in [6.07, 6.45) is 10.3. The Balaban J connectivity index is 1.12. The Kier molecular flexibility index (Phi) is 12.5. The Labute approximate surface area is 372 Å². The Morgan fingerprint density at radius 1 is 1.02 bits per heavy atom. The summed E-state index contributed by atoms with van der Waals surface area (Å²) >= 11 is 0. The summed E-state index contributed by atoms with van der Waals surface area (Å²) in [6, 6.07) is 17.5. The van der Waals surface area contributed by atoms with Crippen molar-refractivity contribution in [1.82, 2.24) is 35.5 Å². The van der Waals surface area contributed by atoms with Crippen LogP contribution < -0.4 is 16.1 Å². The topological polar surface area (TPSA) is 130 Å². The molecule has 5 aliphatic rings. The van der Waals surface area contributed by atoms with Crippen LogP contribution in [0.3, 0.4) is 0 Å². The molecule has 4 fully saturated rings. The third kappa shape index (κ3) is 8.80. The fourth-order valence-electron chi connectivity index (χ4n) is 11.5. The number of likely N-dealkylation sites (tertiary alicyclic amines) is 1. The number of fused-ring (bicyclic) bond motifs is 6. The predicted octanol–water partition coefficient (Wildman–Crippen LogP) is 6.99. The van der Waals surface area contributed by atoms with Crippen molar-refractivity contribution in [2.24, 2.45) is 16.7 Å². The molecule has 1 saturated carbocycles. The molecule has 9 rings (SSSR count). The Hall–Kier alpha value is -4.62. The second kappa shape index (κ2) is 18.1.